The van der Waals surface area contributed by atoms with Gasteiger partial charge in [0, 0.05) is 17.0 Å². The quantitative estimate of drug-likeness (QED) is 0.784. The minimum Gasteiger partial charge on any atom is -0.386 e. The van der Waals surface area contributed by atoms with E-state index in [0.29, 0.717) is 35.0 Å². The van der Waals surface area contributed by atoms with Crippen LogP contribution in [0.4, 0.5) is 4.39 Å². The Hall–Kier alpha value is -1.42. The summed E-state index contributed by atoms with van der Waals surface area (Å²) < 4.78 is 13.1. The van der Waals surface area contributed by atoms with Gasteiger partial charge in [0.25, 0.3) is 0 Å². The van der Waals surface area contributed by atoms with Gasteiger partial charge in [0.05, 0.1) is 5.71 Å². The molecule has 1 aromatic carbocycles. The zero-order valence-electron chi connectivity index (χ0n) is 7.87. The standard InChI is InChI=1S/C10H9ClFN3/c11-7-3-6(4-8(12)5-7)9-1-2-10(13)15-14-9/h3-5H,1-2H2,(H2,13,15). The Morgan fingerprint density at radius 2 is 2.00 bits per heavy atom. The molecule has 0 saturated heterocycles. The summed E-state index contributed by atoms with van der Waals surface area (Å²) in [6.07, 6.45) is 1.31. The first kappa shape index (κ1) is 10.1. The number of halogens is 2. The third-order valence-corrected chi connectivity index (χ3v) is 2.33. The van der Waals surface area contributed by atoms with Crippen molar-refractivity contribution in [2.45, 2.75) is 12.8 Å². The van der Waals surface area contributed by atoms with Crippen LogP contribution in [-0.2, 0) is 0 Å². The van der Waals surface area contributed by atoms with Crippen molar-refractivity contribution >= 4 is 23.1 Å². The van der Waals surface area contributed by atoms with Crippen LogP contribution in [0.1, 0.15) is 18.4 Å². The van der Waals surface area contributed by atoms with E-state index in [-0.39, 0.29) is 5.82 Å². The van der Waals surface area contributed by atoms with E-state index in [0.717, 1.165) is 0 Å². The van der Waals surface area contributed by atoms with Crippen LogP contribution in [0.5, 0.6) is 0 Å². The molecule has 0 amide bonds. The molecule has 1 aliphatic heterocycles. The van der Waals surface area contributed by atoms with Crippen molar-refractivity contribution in [2.24, 2.45) is 15.9 Å². The Balaban J connectivity index is 2.38. The summed E-state index contributed by atoms with van der Waals surface area (Å²) in [4.78, 5) is 0. The predicted octanol–water partition coefficient (Wildman–Crippen LogP) is 2.33. The van der Waals surface area contributed by atoms with Crippen molar-refractivity contribution in [2.75, 3.05) is 0 Å². The van der Waals surface area contributed by atoms with Gasteiger partial charge in [0.15, 0.2) is 0 Å². The highest BCUT2D eigenvalue weighted by Crippen LogP contribution is 2.18. The average Bonchev–Trinajstić information content (AvgIpc) is 2.17. The topological polar surface area (TPSA) is 50.7 Å². The van der Waals surface area contributed by atoms with Gasteiger partial charge in [-0.15, -0.1) is 5.10 Å². The lowest BCUT2D eigenvalue weighted by molar-refractivity contribution is 0.627. The average molecular weight is 226 g/mol. The highest BCUT2D eigenvalue weighted by Gasteiger charge is 2.11. The monoisotopic (exact) mass is 225 g/mol. The Bertz CT molecular complexity index is 434. The lowest BCUT2D eigenvalue weighted by Gasteiger charge is -2.09. The summed E-state index contributed by atoms with van der Waals surface area (Å²) in [6.45, 7) is 0. The van der Waals surface area contributed by atoms with Crippen LogP contribution in [-0.4, -0.2) is 11.5 Å². The second-order valence-corrected chi connectivity index (χ2v) is 3.73. The molecule has 1 aliphatic rings. The van der Waals surface area contributed by atoms with Crippen LogP contribution in [0.25, 0.3) is 0 Å². The minimum absolute atomic E-state index is 0.357. The highest BCUT2D eigenvalue weighted by molar-refractivity contribution is 6.31. The smallest absolute Gasteiger partial charge is 0.125 e. The second kappa shape index (κ2) is 3.98. The predicted molar refractivity (Wildman–Crippen MR) is 58.8 cm³/mol. The van der Waals surface area contributed by atoms with E-state index in [4.69, 9.17) is 17.3 Å². The molecule has 78 valence electrons. The lowest BCUT2D eigenvalue weighted by atomic mass is 10.0. The molecule has 5 heteroatoms. The van der Waals surface area contributed by atoms with Gasteiger partial charge in [0.1, 0.15) is 11.7 Å². The molecule has 2 rings (SSSR count). The zero-order valence-corrected chi connectivity index (χ0v) is 8.63. The van der Waals surface area contributed by atoms with E-state index in [1.165, 1.54) is 12.1 Å². The first-order chi connectivity index (χ1) is 7.15. The Labute approximate surface area is 91.5 Å². The molecule has 1 aromatic rings. The zero-order chi connectivity index (χ0) is 10.8. The third kappa shape index (κ3) is 2.33. The van der Waals surface area contributed by atoms with Gasteiger partial charge in [-0.25, -0.2) is 4.39 Å². The van der Waals surface area contributed by atoms with Gasteiger partial charge in [-0.05, 0) is 24.6 Å². The summed E-state index contributed by atoms with van der Waals surface area (Å²) >= 11 is 5.74. The van der Waals surface area contributed by atoms with Gasteiger partial charge in [-0.3, -0.25) is 0 Å². The van der Waals surface area contributed by atoms with Gasteiger partial charge < -0.3 is 5.73 Å². The van der Waals surface area contributed by atoms with Gasteiger partial charge in [-0.2, -0.15) is 5.10 Å². The summed E-state index contributed by atoms with van der Waals surface area (Å²) in [7, 11) is 0. The van der Waals surface area contributed by atoms with Crippen LogP contribution < -0.4 is 5.73 Å². The van der Waals surface area contributed by atoms with Gasteiger partial charge in [-0.1, -0.05) is 11.6 Å². The van der Waals surface area contributed by atoms with Crippen LogP contribution in [0.2, 0.25) is 5.02 Å². The molecule has 0 radical (unpaired) electrons. The fourth-order valence-electron chi connectivity index (χ4n) is 1.39. The molecule has 0 atom stereocenters. The lowest BCUT2D eigenvalue weighted by Crippen LogP contribution is -2.17. The largest absolute Gasteiger partial charge is 0.386 e. The van der Waals surface area contributed by atoms with E-state index in [9.17, 15) is 4.39 Å². The Morgan fingerprint density at radius 3 is 2.60 bits per heavy atom. The minimum atomic E-state index is -0.372. The van der Waals surface area contributed by atoms with Crippen molar-refractivity contribution in [3.8, 4) is 0 Å². The van der Waals surface area contributed by atoms with Crippen LogP contribution in [0.3, 0.4) is 0 Å². The molecule has 2 N–H and O–H groups in total. The van der Waals surface area contributed by atoms with Crippen molar-refractivity contribution in [3.63, 3.8) is 0 Å². The molecule has 15 heavy (non-hydrogen) atoms. The molecule has 0 unspecified atom stereocenters. The summed E-state index contributed by atoms with van der Waals surface area (Å²) in [6, 6.07) is 4.31. The molecular weight excluding hydrogens is 217 g/mol. The Kier molecular flexibility index (Phi) is 2.68. The summed E-state index contributed by atoms with van der Waals surface area (Å²) in [5, 5.41) is 8.04. The normalized spacial score (nSPS) is 15.9. The van der Waals surface area contributed by atoms with Crippen molar-refractivity contribution in [3.05, 3.63) is 34.6 Å². The number of hydrogen-bond acceptors (Lipinski definition) is 3. The highest BCUT2D eigenvalue weighted by atomic mass is 35.5. The first-order valence-corrected chi connectivity index (χ1v) is 4.88. The SMILES string of the molecule is NC1=NN=C(c2cc(F)cc(Cl)c2)CC1. The summed E-state index contributed by atoms with van der Waals surface area (Å²) in [5.74, 6) is 0.129. The van der Waals surface area contributed by atoms with E-state index in [1.807, 2.05) is 0 Å². The van der Waals surface area contributed by atoms with Crippen molar-refractivity contribution < 1.29 is 4.39 Å². The second-order valence-electron chi connectivity index (χ2n) is 3.30. The fourth-order valence-corrected chi connectivity index (χ4v) is 1.62. The van der Waals surface area contributed by atoms with Crippen LogP contribution >= 0.6 is 11.6 Å². The van der Waals surface area contributed by atoms with E-state index in [2.05, 4.69) is 10.2 Å². The molecule has 0 aliphatic carbocycles. The van der Waals surface area contributed by atoms with Crippen LogP contribution in [0, 0.1) is 5.82 Å². The number of nitrogens with two attached hydrogens (primary N) is 1. The van der Waals surface area contributed by atoms with Crippen molar-refractivity contribution in [1.82, 2.24) is 0 Å². The van der Waals surface area contributed by atoms with Crippen LogP contribution in [0.15, 0.2) is 28.4 Å². The van der Waals surface area contributed by atoms with E-state index < -0.39 is 0 Å². The van der Waals surface area contributed by atoms with E-state index in [1.54, 1.807) is 6.07 Å². The van der Waals surface area contributed by atoms with Gasteiger partial charge >= 0.3 is 0 Å². The van der Waals surface area contributed by atoms with E-state index >= 15 is 0 Å². The molecular formula is C10H9ClFN3. The maximum Gasteiger partial charge on any atom is 0.125 e. The number of amidine groups is 1. The number of benzene rings is 1. The first-order valence-electron chi connectivity index (χ1n) is 4.50. The molecule has 0 bridgehead atoms. The molecule has 3 nitrogen and oxygen atoms in total. The fraction of sp³-hybridized carbons (Fsp3) is 0.200. The van der Waals surface area contributed by atoms with Gasteiger partial charge in [0.2, 0.25) is 0 Å². The third-order valence-electron chi connectivity index (χ3n) is 2.11. The van der Waals surface area contributed by atoms with Crippen molar-refractivity contribution in [1.29, 1.82) is 0 Å². The number of hydrogen-bond donors (Lipinski definition) is 1. The number of rotatable bonds is 1. The Morgan fingerprint density at radius 1 is 1.20 bits per heavy atom. The molecule has 0 saturated carbocycles. The maximum atomic E-state index is 13.1. The molecule has 0 aromatic heterocycles. The summed E-state index contributed by atoms with van der Waals surface area (Å²) in [5.41, 5.74) is 6.85. The number of nitrogens with zero attached hydrogens (tertiary/aromatic N) is 2. The maximum absolute atomic E-state index is 13.1. The molecule has 1 heterocycles. The molecule has 0 fully saturated rings. The molecule has 0 spiro atoms.